The topological polar surface area (TPSA) is 163 Å². The van der Waals surface area contributed by atoms with Gasteiger partial charge in [-0.05, 0) is 89.9 Å². The van der Waals surface area contributed by atoms with Gasteiger partial charge in [0.2, 0.25) is 0 Å². The minimum Gasteiger partial charge on any atom is -0.491 e. The Balaban J connectivity index is 1.07. The molecule has 0 radical (unpaired) electrons. The normalized spacial score (nSPS) is 16.4. The van der Waals surface area contributed by atoms with Crippen molar-refractivity contribution in [2.75, 3.05) is 6.61 Å². The summed E-state index contributed by atoms with van der Waals surface area (Å²) in [5.41, 5.74) is 13.9. The molecule has 1 aromatic carbocycles. The number of H-pyrrole nitrogens is 3. The van der Waals surface area contributed by atoms with Gasteiger partial charge in [0.05, 0.1) is 28.9 Å². The molecule has 3 aliphatic rings. The fraction of sp³-hybridized carbons (Fsp3) is 0.167. The molecule has 3 atom stereocenters. The van der Waals surface area contributed by atoms with Gasteiger partial charge in [-0.15, -0.1) is 0 Å². The number of aromatic nitrogens is 9. The molecule has 4 N–H and O–H groups in total. The number of hydrogen-bond donors (Lipinski definition) is 4. The second-order valence-electron chi connectivity index (χ2n) is 17.5. The van der Waals surface area contributed by atoms with Gasteiger partial charge < -0.3 is 24.5 Å². The molecule has 0 spiro atoms. The van der Waals surface area contributed by atoms with Crippen molar-refractivity contribution >= 4 is 46.4 Å². The summed E-state index contributed by atoms with van der Waals surface area (Å²) in [6.07, 6.45) is 19.9. The molecule has 11 rings (SSSR count). The summed E-state index contributed by atoms with van der Waals surface area (Å²) in [7, 11) is 6.02. The minimum atomic E-state index is -0.880. The summed E-state index contributed by atoms with van der Waals surface area (Å²) < 4.78 is 19.7. The van der Waals surface area contributed by atoms with Gasteiger partial charge in [-0.25, -0.2) is 28.5 Å². The Labute approximate surface area is 390 Å². The average Bonchev–Trinajstić information content (AvgIpc) is 4.21. The smallest absolute Gasteiger partial charge is 0.330 e. The van der Waals surface area contributed by atoms with Crippen LogP contribution in [0.15, 0.2) is 138 Å². The molecule has 0 unspecified atom stereocenters. The highest BCUT2D eigenvalue weighted by atomic mass is 16.6. The molecule has 14 heteroatoms. The highest BCUT2D eigenvalue weighted by Gasteiger charge is 2.36. The van der Waals surface area contributed by atoms with E-state index in [-0.39, 0.29) is 13.0 Å². The van der Waals surface area contributed by atoms with Crippen LogP contribution in [-0.2, 0) is 25.9 Å². The quantitative estimate of drug-likeness (QED) is 0.124. The highest BCUT2D eigenvalue weighted by molar-refractivity contribution is 6.00. The highest BCUT2D eigenvalue weighted by Crippen LogP contribution is 2.38. The molecule has 1 fully saturated rings. The number of nitrogens with one attached hydrogen (secondary N) is 3. The largest absolute Gasteiger partial charge is 0.491 e. The monoisotopic (exact) mass is 902 g/mol. The van der Waals surface area contributed by atoms with E-state index in [4.69, 9.17) is 19.4 Å². The van der Waals surface area contributed by atoms with Crippen LogP contribution in [0.5, 0.6) is 5.75 Å². The third-order valence-corrected chi connectivity index (χ3v) is 12.8. The lowest BCUT2D eigenvalue weighted by atomic mass is 10.0. The maximum atomic E-state index is 12.6. The number of aryl methyl sites for hydroxylation is 4. The number of aliphatic hydroxyl groups excluding tert-OH is 1. The zero-order valence-corrected chi connectivity index (χ0v) is 37.8. The zero-order valence-electron chi connectivity index (χ0n) is 37.8. The molecule has 8 aromatic rings. The van der Waals surface area contributed by atoms with Gasteiger partial charge in [0.15, 0.2) is 37.2 Å². The molecule has 10 heterocycles. The molecule has 0 amide bonds. The Morgan fingerprint density at radius 2 is 1.03 bits per heavy atom. The van der Waals surface area contributed by atoms with E-state index < -0.39 is 29.7 Å². The molecule has 0 aliphatic carbocycles. The molecule has 0 saturated carbocycles. The first-order valence-corrected chi connectivity index (χ1v) is 22.4. The lowest BCUT2D eigenvalue weighted by Crippen LogP contribution is -2.33. The second kappa shape index (κ2) is 17.1. The van der Waals surface area contributed by atoms with Crippen LogP contribution in [0.4, 0.5) is 0 Å². The number of pyridine rings is 3. The summed E-state index contributed by atoms with van der Waals surface area (Å²) in [5.74, 6) is 0.579. The van der Waals surface area contributed by atoms with Gasteiger partial charge >= 0.3 is 5.69 Å². The first kappa shape index (κ1) is 42.3. The number of benzene rings is 1. The van der Waals surface area contributed by atoms with Crippen LogP contribution in [-0.4, -0.2) is 53.4 Å². The Morgan fingerprint density at radius 3 is 1.51 bits per heavy atom. The predicted molar refractivity (Wildman–Crippen MR) is 260 cm³/mol. The molecule has 68 heavy (non-hydrogen) atoms. The second-order valence-corrected chi connectivity index (χ2v) is 17.5. The van der Waals surface area contributed by atoms with Crippen molar-refractivity contribution in [3.8, 4) is 50.3 Å². The van der Waals surface area contributed by atoms with Gasteiger partial charge in [-0.1, -0.05) is 12.1 Å². The molecule has 14 nitrogen and oxygen atoms in total. The molecular formula is C54H48N9O5+3. The average molecular weight is 903 g/mol. The van der Waals surface area contributed by atoms with Crippen molar-refractivity contribution in [3.05, 3.63) is 177 Å². The van der Waals surface area contributed by atoms with Crippen molar-refractivity contribution in [3.63, 3.8) is 0 Å². The van der Waals surface area contributed by atoms with Crippen LogP contribution in [0.25, 0.3) is 90.9 Å². The Bertz CT molecular complexity index is 3480. The number of aromatic amines is 3. The Hall–Kier alpha value is -8.33. The third kappa shape index (κ3) is 7.95. The number of rotatable bonds is 8. The van der Waals surface area contributed by atoms with E-state index in [0.29, 0.717) is 11.3 Å². The summed E-state index contributed by atoms with van der Waals surface area (Å²) in [6, 6.07) is 28.9. The SMILES string of the molecule is Cc1cn([C@H]2C[C@H](O)[C@@H](COc3ccc(-c4c5ccc([nH]5)c(-c5cc[n+](C)cc5)c5nc(c(-c6cc[n+](C)cc6)c6nc(c(-c7cc[n+](C)cc7)c7ccc4[nH]7)C=C6)C=C5)cc3)O2)c(=O)[nH]c1=O. The van der Waals surface area contributed by atoms with E-state index in [1.165, 1.54) is 10.8 Å². The summed E-state index contributed by atoms with van der Waals surface area (Å²) in [4.78, 5) is 45.3. The lowest BCUT2D eigenvalue weighted by Gasteiger charge is -2.17. The van der Waals surface area contributed by atoms with Crippen molar-refractivity contribution in [1.82, 2.24) is 29.5 Å². The molecule has 3 aliphatic heterocycles. The van der Waals surface area contributed by atoms with E-state index in [0.717, 1.165) is 89.4 Å². The molecule has 336 valence electrons. The summed E-state index contributed by atoms with van der Waals surface area (Å²) >= 11 is 0. The van der Waals surface area contributed by atoms with Crippen molar-refractivity contribution < 1.29 is 28.3 Å². The maximum absolute atomic E-state index is 12.6. The van der Waals surface area contributed by atoms with Crippen LogP contribution in [0, 0.1) is 6.92 Å². The van der Waals surface area contributed by atoms with E-state index >= 15 is 0 Å². The van der Waals surface area contributed by atoms with Crippen LogP contribution >= 0.6 is 0 Å². The van der Waals surface area contributed by atoms with Crippen molar-refractivity contribution in [2.24, 2.45) is 21.1 Å². The Morgan fingerprint density at radius 1 is 0.603 bits per heavy atom. The first-order valence-electron chi connectivity index (χ1n) is 22.4. The minimum absolute atomic E-state index is 0.0508. The van der Waals surface area contributed by atoms with E-state index in [1.807, 2.05) is 96.3 Å². The van der Waals surface area contributed by atoms with Crippen LogP contribution in [0.1, 0.15) is 41.0 Å². The number of nitrogens with zero attached hydrogens (tertiary/aromatic N) is 6. The first-order chi connectivity index (χ1) is 33.0. The van der Waals surface area contributed by atoms with Gasteiger partial charge in [0.25, 0.3) is 5.56 Å². The summed E-state index contributed by atoms with van der Waals surface area (Å²) in [6.45, 7) is 1.67. The fourth-order valence-corrected chi connectivity index (χ4v) is 9.16. The molecular weight excluding hydrogens is 855 g/mol. The molecule has 8 bridgehead atoms. The lowest BCUT2D eigenvalue weighted by molar-refractivity contribution is -0.671. The summed E-state index contributed by atoms with van der Waals surface area (Å²) in [5, 5.41) is 10.9. The maximum Gasteiger partial charge on any atom is 0.330 e. The van der Waals surface area contributed by atoms with E-state index in [1.54, 1.807) is 6.92 Å². The Kier molecular flexibility index (Phi) is 10.7. The standard InChI is InChI=1S/C54H46N9O5/c1-32-30-63(54(66)59-53(32)65)48-29-46(64)47(68-48)31-67-37-7-5-33(6-8-37)49-38-9-11-40(55-38)50(34-17-23-60(2)24-18-34)42-13-15-44(57-42)52(36-21-27-62(4)28-22-36)45-16-14-43(58-45)51(41-12-10-39(49)56-41)35-19-25-61(3)26-20-35/h5-28,30,46-48,64H,29,31H2,1-4H3,(H-,55,56,57,58,59,65,66)/q+1/p+2/t46-,47+,48+/m0/s1. The predicted octanol–water partition coefficient (Wildman–Crippen LogP) is 6.68. The number of fused-ring (bicyclic) bond motifs is 8. The van der Waals surface area contributed by atoms with Gasteiger partial charge in [-0.2, -0.15) is 0 Å². The van der Waals surface area contributed by atoms with Gasteiger partial charge in [0.1, 0.15) is 45.8 Å². The fourth-order valence-electron chi connectivity index (χ4n) is 9.16. The van der Waals surface area contributed by atoms with E-state index in [9.17, 15) is 14.7 Å². The number of ether oxygens (including phenoxy) is 2. The van der Waals surface area contributed by atoms with Crippen molar-refractivity contribution in [2.45, 2.75) is 31.8 Å². The van der Waals surface area contributed by atoms with Gasteiger partial charge in [0, 0.05) is 98.9 Å². The van der Waals surface area contributed by atoms with Crippen LogP contribution in [0.3, 0.4) is 0 Å². The van der Waals surface area contributed by atoms with Crippen LogP contribution < -0.4 is 29.7 Å². The third-order valence-electron chi connectivity index (χ3n) is 12.8. The van der Waals surface area contributed by atoms with Gasteiger partial charge in [-0.3, -0.25) is 14.3 Å². The zero-order chi connectivity index (χ0) is 46.6. The molecule has 7 aromatic heterocycles. The van der Waals surface area contributed by atoms with Crippen LogP contribution in [0.2, 0.25) is 0 Å². The number of hydrogen-bond acceptors (Lipinski definition) is 7. The van der Waals surface area contributed by atoms with Crippen molar-refractivity contribution in [1.29, 1.82) is 0 Å². The number of aliphatic hydroxyl groups is 1. The molecule has 1 saturated heterocycles. The van der Waals surface area contributed by atoms with E-state index in [2.05, 4.69) is 99.9 Å².